The molecule has 0 heterocycles. The van der Waals surface area contributed by atoms with Crippen LogP contribution in [0.15, 0.2) is 71.8 Å². The van der Waals surface area contributed by atoms with Crippen molar-refractivity contribution < 1.29 is 19.2 Å². The van der Waals surface area contributed by atoms with E-state index in [9.17, 15) is 14.9 Å². The van der Waals surface area contributed by atoms with Crippen LogP contribution in [0, 0.1) is 10.1 Å². The van der Waals surface area contributed by atoms with Crippen molar-refractivity contribution in [1.82, 2.24) is 5.43 Å². The second-order valence-corrected chi connectivity index (χ2v) is 6.72. The van der Waals surface area contributed by atoms with Crippen LogP contribution in [0.2, 0.25) is 5.02 Å². The van der Waals surface area contributed by atoms with Crippen LogP contribution in [-0.2, 0) is 6.61 Å². The fraction of sp³-hybridized carbons (Fsp3) is 0.0909. The molecule has 0 spiro atoms. The van der Waals surface area contributed by atoms with Gasteiger partial charge in [0.15, 0.2) is 11.5 Å². The molecule has 0 atom stereocenters. The Bertz CT molecular complexity index is 1120. The lowest BCUT2D eigenvalue weighted by Gasteiger charge is -2.13. The number of methoxy groups -OCH3 is 1. The average Bonchev–Trinajstić information content (AvgIpc) is 2.78. The summed E-state index contributed by atoms with van der Waals surface area (Å²) in [4.78, 5) is 22.4. The highest BCUT2D eigenvalue weighted by atomic mass is 35.5. The number of non-ortho nitro benzene ring substituents is 1. The van der Waals surface area contributed by atoms with E-state index in [1.165, 1.54) is 37.6 Å². The number of benzene rings is 3. The highest BCUT2D eigenvalue weighted by Crippen LogP contribution is 2.36. The molecular weight excluding hydrogens is 422 g/mol. The largest absolute Gasteiger partial charge is 0.493 e. The van der Waals surface area contributed by atoms with Gasteiger partial charge in [-0.25, -0.2) is 5.43 Å². The smallest absolute Gasteiger partial charge is 0.271 e. The molecule has 8 nitrogen and oxygen atoms in total. The first-order valence-corrected chi connectivity index (χ1v) is 9.48. The molecule has 9 heteroatoms. The molecule has 3 aromatic carbocycles. The second kappa shape index (κ2) is 10.2. The van der Waals surface area contributed by atoms with Gasteiger partial charge in [0.05, 0.1) is 23.3 Å². The summed E-state index contributed by atoms with van der Waals surface area (Å²) in [6, 6.07) is 18.3. The first kappa shape index (κ1) is 21.8. The van der Waals surface area contributed by atoms with Gasteiger partial charge in [-0.2, -0.15) is 5.10 Å². The number of carbonyl (C=O) groups excluding carboxylic acids is 1. The van der Waals surface area contributed by atoms with Gasteiger partial charge in [-0.05, 0) is 29.3 Å². The number of rotatable bonds is 8. The quantitative estimate of drug-likeness (QED) is 0.314. The van der Waals surface area contributed by atoms with Crippen molar-refractivity contribution in [2.24, 2.45) is 5.10 Å². The number of hydrogen-bond donors (Lipinski definition) is 1. The summed E-state index contributed by atoms with van der Waals surface area (Å²) in [7, 11) is 1.49. The Morgan fingerprint density at radius 1 is 1.16 bits per heavy atom. The maximum absolute atomic E-state index is 12.2. The summed E-state index contributed by atoms with van der Waals surface area (Å²) < 4.78 is 11.2. The number of nitro benzene ring substituents is 1. The van der Waals surface area contributed by atoms with E-state index in [4.69, 9.17) is 21.1 Å². The van der Waals surface area contributed by atoms with Crippen molar-refractivity contribution in [1.29, 1.82) is 0 Å². The first-order chi connectivity index (χ1) is 15.0. The molecule has 0 aliphatic heterocycles. The zero-order valence-electron chi connectivity index (χ0n) is 16.4. The lowest BCUT2D eigenvalue weighted by atomic mass is 10.2. The van der Waals surface area contributed by atoms with Crippen LogP contribution in [0.4, 0.5) is 5.69 Å². The highest BCUT2D eigenvalue weighted by molar-refractivity contribution is 6.32. The van der Waals surface area contributed by atoms with E-state index >= 15 is 0 Å². The predicted molar refractivity (Wildman–Crippen MR) is 117 cm³/mol. The number of ether oxygens (including phenoxy) is 2. The minimum absolute atomic E-state index is 0.117. The third kappa shape index (κ3) is 5.80. The van der Waals surface area contributed by atoms with E-state index in [0.717, 1.165) is 5.56 Å². The molecular formula is C22H18ClN3O5. The number of nitrogens with one attached hydrogen (secondary N) is 1. The Kier molecular flexibility index (Phi) is 7.18. The maximum atomic E-state index is 12.2. The minimum Gasteiger partial charge on any atom is -0.493 e. The van der Waals surface area contributed by atoms with Gasteiger partial charge in [-0.3, -0.25) is 14.9 Å². The van der Waals surface area contributed by atoms with Gasteiger partial charge in [0.2, 0.25) is 0 Å². The standard InChI is InChI=1S/C22H18ClN3O5/c1-30-20-11-16(10-19(23)21(20)31-14-15-6-3-2-4-7-15)13-24-25-22(27)17-8-5-9-18(12-17)26(28)29/h2-13H,14H2,1H3,(H,25,27)/b24-13-. The molecule has 0 aromatic heterocycles. The van der Waals surface area contributed by atoms with E-state index in [1.807, 2.05) is 30.3 Å². The normalized spacial score (nSPS) is 10.6. The summed E-state index contributed by atoms with van der Waals surface area (Å²) in [5, 5.41) is 15.0. The Labute approximate surface area is 183 Å². The number of halogens is 1. The van der Waals surface area contributed by atoms with Crippen molar-refractivity contribution in [3.8, 4) is 11.5 Å². The van der Waals surface area contributed by atoms with Crippen LogP contribution in [0.25, 0.3) is 0 Å². The van der Waals surface area contributed by atoms with Gasteiger partial charge in [0.1, 0.15) is 6.61 Å². The molecule has 3 aromatic rings. The lowest BCUT2D eigenvalue weighted by Crippen LogP contribution is -2.17. The molecule has 0 saturated carbocycles. The molecule has 0 radical (unpaired) electrons. The van der Waals surface area contributed by atoms with Gasteiger partial charge in [0.25, 0.3) is 11.6 Å². The molecule has 1 N–H and O–H groups in total. The number of nitrogens with zero attached hydrogens (tertiary/aromatic N) is 2. The van der Waals surface area contributed by atoms with E-state index in [2.05, 4.69) is 10.5 Å². The van der Waals surface area contributed by atoms with Crippen LogP contribution >= 0.6 is 11.6 Å². The van der Waals surface area contributed by atoms with Crippen molar-refractivity contribution in [3.63, 3.8) is 0 Å². The van der Waals surface area contributed by atoms with Gasteiger partial charge in [-0.15, -0.1) is 0 Å². The van der Waals surface area contributed by atoms with Gasteiger partial charge < -0.3 is 9.47 Å². The highest BCUT2D eigenvalue weighted by Gasteiger charge is 2.13. The van der Waals surface area contributed by atoms with Crippen molar-refractivity contribution in [3.05, 3.63) is 98.6 Å². The fourth-order valence-corrected chi connectivity index (χ4v) is 2.95. The van der Waals surface area contributed by atoms with Crippen LogP contribution in [-0.4, -0.2) is 24.2 Å². The molecule has 0 unspecified atom stereocenters. The monoisotopic (exact) mass is 439 g/mol. The Balaban J connectivity index is 1.69. The number of carbonyl (C=O) groups is 1. The average molecular weight is 440 g/mol. The van der Waals surface area contributed by atoms with Gasteiger partial charge in [0, 0.05) is 17.7 Å². The summed E-state index contributed by atoms with van der Waals surface area (Å²) in [5.74, 6) is 0.224. The number of amides is 1. The van der Waals surface area contributed by atoms with Crippen LogP contribution in [0.3, 0.4) is 0 Å². The van der Waals surface area contributed by atoms with Crippen molar-refractivity contribution in [2.75, 3.05) is 7.11 Å². The topological polar surface area (TPSA) is 103 Å². The van der Waals surface area contributed by atoms with Gasteiger partial charge >= 0.3 is 0 Å². The number of hydrazone groups is 1. The molecule has 158 valence electrons. The zero-order valence-corrected chi connectivity index (χ0v) is 17.2. The lowest BCUT2D eigenvalue weighted by molar-refractivity contribution is -0.384. The fourth-order valence-electron chi connectivity index (χ4n) is 2.67. The summed E-state index contributed by atoms with van der Waals surface area (Å²) in [6.07, 6.45) is 1.38. The molecule has 1 amide bonds. The molecule has 0 fully saturated rings. The first-order valence-electron chi connectivity index (χ1n) is 9.10. The summed E-state index contributed by atoms with van der Waals surface area (Å²) >= 11 is 6.35. The van der Waals surface area contributed by atoms with Crippen LogP contribution in [0.5, 0.6) is 11.5 Å². The molecule has 0 bridgehead atoms. The predicted octanol–water partition coefficient (Wildman–Crippen LogP) is 4.60. The zero-order chi connectivity index (χ0) is 22.2. The Morgan fingerprint density at radius 3 is 2.65 bits per heavy atom. The van der Waals surface area contributed by atoms with Crippen LogP contribution in [0.1, 0.15) is 21.5 Å². The molecule has 3 rings (SSSR count). The van der Waals surface area contributed by atoms with E-state index in [-0.39, 0.29) is 11.3 Å². The van der Waals surface area contributed by atoms with E-state index < -0.39 is 10.8 Å². The second-order valence-electron chi connectivity index (χ2n) is 6.31. The Morgan fingerprint density at radius 2 is 1.94 bits per heavy atom. The maximum Gasteiger partial charge on any atom is 0.271 e. The Hall–Kier alpha value is -3.91. The van der Waals surface area contributed by atoms with E-state index in [1.54, 1.807) is 12.1 Å². The molecule has 0 aliphatic rings. The number of hydrogen-bond acceptors (Lipinski definition) is 6. The third-order valence-corrected chi connectivity index (χ3v) is 4.46. The van der Waals surface area contributed by atoms with Gasteiger partial charge in [-0.1, -0.05) is 48.0 Å². The summed E-state index contributed by atoms with van der Waals surface area (Å²) in [5.41, 5.74) is 3.81. The molecule has 0 saturated heterocycles. The van der Waals surface area contributed by atoms with Crippen molar-refractivity contribution >= 4 is 29.4 Å². The third-order valence-electron chi connectivity index (χ3n) is 4.18. The number of nitro groups is 1. The summed E-state index contributed by atoms with van der Waals surface area (Å²) in [6.45, 7) is 0.323. The SMILES string of the molecule is COc1cc(/C=N\NC(=O)c2cccc([N+](=O)[O-])c2)cc(Cl)c1OCc1ccccc1. The van der Waals surface area contributed by atoms with Crippen LogP contribution < -0.4 is 14.9 Å². The van der Waals surface area contributed by atoms with Crippen molar-refractivity contribution in [2.45, 2.75) is 6.61 Å². The minimum atomic E-state index is -0.583. The van der Waals surface area contributed by atoms with E-state index in [0.29, 0.717) is 28.7 Å². The molecule has 31 heavy (non-hydrogen) atoms. The molecule has 0 aliphatic carbocycles.